The molecule has 1 fully saturated rings. The largest absolute Gasteiger partial charge is 0.810 e. The van der Waals surface area contributed by atoms with Gasteiger partial charge in [0.2, 0.25) is 0 Å². The van der Waals surface area contributed by atoms with Crippen LogP contribution in [-0.4, -0.2) is 16.9 Å². The smallest absolute Gasteiger partial charge is 0.0614 e. The zero-order valence-corrected chi connectivity index (χ0v) is 7.00. The highest BCUT2D eigenvalue weighted by atomic mass is 31.2. The van der Waals surface area contributed by atoms with E-state index in [0.29, 0.717) is 12.8 Å². The molecule has 66 valence electrons. The van der Waals surface area contributed by atoms with Crippen LogP contribution < -0.4 is 9.79 Å². The standard InChI is InChI=1S/C6H13O4P/c7-5-3-1-2-4-6(5)11(8,9)10/h5-7H,1-4H2,(H2,8,9,10)/p-2/t5-,6+/m0/s1. The fourth-order valence-corrected chi connectivity index (χ4v) is 2.53. The summed E-state index contributed by atoms with van der Waals surface area (Å²) in [6.45, 7) is 0. The van der Waals surface area contributed by atoms with Crippen molar-refractivity contribution >= 4 is 7.60 Å². The molecule has 1 N–H and O–H groups in total. The fraction of sp³-hybridized carbons (Fsp3) is 1.00. The summed E-state index contributed by atoms with van der Waals surface area (Å²) in [6, 6.07) is 0. The van der Waals surface area contributed by atoms with Gasteiger partial charge in [-0.2, -0.15) is 0 Å². The van der Waals surface area contributed by atoms with E-state index < -0.39 is 19.4 Å². The van der Waals surface area contributed by atoms with Crippen LogP contribution in [0, 0.1) is 0 Å². The highest BCUT2D eigenvalue weighted by Crippen LogP contribution is 2.40. The van der Waals surface area contributed by atoms with Crippen molar-refractivity contribution < 1.29 is 19.5 Å². The van der Waals surface area contributed by atoms with E-state index in [4.69, 9.17) is 5.11 Å². The van der Waals surface area contributed by atoms with E-state index in [-0.39, 0.29) is 0 Å². The van der Waals surface area contributed by atoms with Crippen LogP contribution in [0.25, 0.3) is 0 Å². The van der Waals surface area contributed by atoms with Crippen molar-refractivity contribution in [3.05, 3.63) is 0 Å². The Kier molecular flexibility index (Phi) is 2.70. The Morgan fingerprint density at radius 1 is 1.27 bits per heavy atom. The van der Waals surface area contributed by atoms with E-state index in [1.165, 1.54) is 0 Å². The number of aliphatic hydroxyl groups is 1. The van der Waals surface area contributed by atoms with Gasteiger partial charge in [-0.3, -0.25) is 0 Å². The normalized spacial score (nSPS) is 33.7. The van der Waals surface area contributed by atoms with Gasteiger partial charge in [0.25, 0.3) is 0 Å². The molecule has 1 aliphatic carbocycles. The molecule has 0 aromatic heterocycles. The van der Waals surface area contributed by atoms with Crippen molar-refractivity contribution in [3.63, 3.8) is 0 Å². The molecule has 0 aliphatic heterocycles. The van der Waals surface area contributed by atoms with Gasteiger partial charge in [-0.25, -0.2) is 0 Å². The van der Waals surface area contributed by atoms with Gasteiger partial charge >= 0.3 is 0 Å². The van der Waals surface area contributed by atoms with E-state index in [2.05, 4.69) is 0 Å². The molecule has 0 bridgehead atoms. The molecule has 0 aromatic carbocycles. The van der Waals surface area contributed by atoms with Crippen LogP contribution in [0.5, 0.6) is 0 Å². The van der Waals surface area contributed by atoms with Crippen LogP contribution >= 0.6 is 7.60 Å². The van der Waals surface area contributed by atoms with E-state index in [1.54, 1.807) is 0 Å². The summed E-state index contributed by atoms with van der Waals surface area (Å²) < 4.78 is 10.5. The second-order valence-electron chi connectivity index (χ2n) is 2.96. The van der Waals surface area contributed by atoms with Gasteiger partial charge in [0.1, 0.15) is 0 Å². The summed E-state index contributed by atoms with van der Waals surface area (Å²) in [5.41, 5.74) is -1.03. The average molecular weight is 178 g/mol. The van der Waals surface area contributed by atoms with Crippen molar-refractivity contribution in [1.82, 2.24) is 0 Å². The molecule has 11 heavy (non-hydrogen) atoms. The molecule has 0 spiro atoms. The molecule has 0 radical (unpaired) electrons. The predicted octanol–water partition coefficient (Wildman–Crippen LogP) is -0.796. The molecule has 0 heterocycles. The number of rotatable bonds is 1. The van der Waals surface area contributed by atoms with E-state index in [0.717, 1.165) is 12.8 Å². The summed E-state index contributed by atoms with van der Waals surface area (Å²) in [6.07, 6.45) is 1.39. The Labute approximate surface area is 65.4 Å². The second-order valence-corrected chi connectivity index (χ2v) is 4.70. The number of hydrogen-bond acceptors (Lipinski definition) is 4. The molecule has 5 heteroatoms. The molecular formula is C6H11O4P-2. The second kappa shape index (κ2) is 3.23. The van der Waals surface area contributed by atoms with Gasteiger partial charge in [-0.15, -0.1) is 0 Å². The average Bonchev–Trinajstić information content (AvgIpc) is 1.86. The summed E-state index contributed by atoms with van der Waals surface area (Å²) >= 11 is 0. The lowest BCUT2D eigenvalue weighted by Crippen LogP contribution is -2.37. The van der Waals surface area contributed by atoms with Crippen molar-refractivity contribution in [2.24, 2.45) is 0 Å². The molecule has 1 rings (SSSR count). The first kappa shape index (κ1) is 9.20. The first-order valence-corrected chi connectivity index (χ1v) is 5.33. The lowest BCUT2D eigenvalue weighted by Gasteiger charge is -2.43. The summed E-state index contributed by atoms with van der Waals surface area (Å²) in [5, 5.41) is 9.13. The molecule has 2 atom stereocenters. The minimum Gasteiger partial charge on any atom is -0.810 e. The highest BCUT2D eigenvalue weighted by molar-refractivity contribution is 7.49. The van der Waals surface area contributed by atoms with Crippen LogP contribution in [0.2, 0.25) is 0 Å². The Bertz CT molecular complexity index is 175. The molecule has 0 unspecified atom stereocenters. The van der Waals surface area contributed by atoms with Crippen molar-refractivity contribution in [1.29, 1.82) is 0 Å². The maximum Gasteiger partial charge on any atom is 0.0614 e. The third-order valence-electron chi connectivity index (χ3n) is 2.10. The third-order valence-corrected chi connectivity index (χ3v) is 3.51. The zero-order valence-electron chi connectivity index (χ0n) is 6.10. The molecule has 4 nitrogen and oxygen atoms in total. The lowest BCUT2D eigenvalue weighted by molar-refractivity contribution is -0.318. The first-order chi connectivity index (χ1) is 5.02. The van der Waals surface area contributed by atoms with E-state index in [9.17, 15) is 14.4 Å². The number of aliphatic hydroxyl groups excluding tert-OH is 1. The molecule has 0 amide bonds. The van der Waals surface area contributed by atoms with Crippen LogP contribution in [0.15, 0.2) is 0 Å². The Morgan fingerprint density at radius 2 is 1.82 bits per heavy atom. The van der Waals surface area contributed by atoms with Crippen LogP contribution in [-0.2, 0) is 4.57 Å². The van der Waals surface area contributed by atoms with Gasteiger partial charge in [-0.1, -0.05) is 20.4 Å². The predicted molar refractivity (Wildman–Crippen MR) is 35.9 cm³/mol. The Hall–Kier alpha value is 0.110. The first-order valence-electron chi connectivity index (χ1n) is 3.71. The summed E-state index contributed by atoms with van der Waals surface area (Å²) in [7, 11) is -4.55. The minimum absolute atomic E-state index is 0.325. The Balaban J connectivity index is 2.62. The van der Waals surface area contributed by atoms with E-state index >= 15 is 0 Å². The monoisotopic (exact) mass is 178 g/mol. The highest BCUT2D eigenvalue weighted by Gasteiger charge is 2.25. The van der Waals surface area contributed by atoms with Gasteiger partial charge < -0.3 is 19.5 Å². The van der Waals surface area contributed by atoms with Crippen LogP contribution in [0.1, 0.15) is 25.7 Å². The van der Waals surface area contributed by atoms with E-state index in [1.807, 2.05) is 0 Å². The molecule has 0 aromatic rings. The van der Waals surface area contributed by atoms with Crippen molar-refractivity contribution in [2.75, 3.05) is 0 Å². The SMILES string of the molecule is O=P([O-])([O-])[C@@H]1CCCC[C@@H]1O. The van der Waals surface area contributed by atoms with Crippen LogP contribution in [0.3, 0.4) is 0 Å². The molecule has 1 saturated carbocycles. The van der Waals surface area contributed by atoms with Gasteiger partial charge in [0, 0.05) is 5.66 Å². The van der Waals surface area contributed by atoms with Crippen molar-refractivity contribution in [3.8, 4) is 0 Å². The summed E-state index contributed by atoms with van der Waals surface area (Å²) in [4.78, 5) is 21.0. The lowest BCUT2D eigenvalue weighted by atomic mass is 9.97. The molecule has 0 saturated heterocycles. The maximum atomic E-state index is 10.5. The number of hydrogen-bond donors (Lipinski definition) is 1. The third kappa shape index (κ3) is 2.27. The maximum absolute atomic E-state index is 10.5. The fourth-order valence-electron chi connectivity index (χ4n) is 1.46. The van der Waals surface area contributed by atoms with Gasteiger partial charge in [0.15, 0.2) is 0 Å². The van der Waals surface area contributed by atoms with Gasteiger partial charge in [-0.05, 0) is 12.8 Å². The summed E-state index contributed by atoms with van der Waals surface area (Å²) in [5.74, 6) is 0. The minimum atomic E-state index is -4.55. The van der Waals surface area contributed by atoms with Gasteiger partial charge in [0.05, 0.1) is 6.10 Å². The van der Waals surface area contributed by atoms with Crippen LogP contribution in [0.4, 0.5) is 0 Å². The zero-order chi connectivity index (χ0) is 8.48. The molecular weight excluding hydrogens is 167 g/mol. The topological polar surface area (TPSA) is 83.4 Å². The molecule has 1 aliphatic rings. The Morgan fingerprint density at radius 3 is 2.18 bits per heavy atom. The van der Waals surface area contributed by atoms with Crippen molar-refractivity contribution in [2.45, 2.75) is 37.4 Å². The quantitative estimate of drug-likeness (QED) is 0.533.